The van der Waals surface area contributed by atoms with Gasteiger partial charge < -0.3 is 10.6 Å². The number of nitrogens with one attached hydrogen (secondary N) is 2. The Morgan fingerprint density at radius 3 is 3.17 bits per heavy atom. The molecule has 1 rings (SSSR count). The van der Waals surface area contributed by atoms with Crippen LogP contribution in [0.3, 0.4) is 0 Å². The molecule has 0 spiro atoms. The van der Waals surface area contributed by atoms with Gasteiger partial charge in [0.1, 0.15) is 0 Å². The minimum absolute atomic E-state index is 0.106. The van der Waals surface area contributed by atoms with Gasteiger partial charge in [-0.1, -0.05) is 29.2 Å². The van der Waals surface area contributed by atoms with Crippen LogP contribution < -0.4 is 10.6 Å². The molecule has 0 atom stereocenters. The van der Waals surface area contributed by atoms with E-state index in [1.807, 2.05) is 6.07 Å². The molecule has 2 N–H and O–H groups in total. The molecule has 0 saturated heterocycles. The summed E-state index contributed by atoms with van der Waals surface area (Å²) < 4.78 is 0.733. The first-order valence-electron chi connectivity index (χ1n) is 5.21. The van der Waals surface area contributed by atoms with E-state index in [0.29, 0.717) is 24.6 Å². The Bertz CT molecular complexity index is 440. The molecule has 1 aromatic heterocycles. The lowest BCUT2D eigenvalue weighted by atomic mass is 10.4. The fourth-order valence-electron chi connectivity index (χ4n) is 0.935. The summed E-state index contributed by atoms with van der Waals surface area (Å²) in [5, 5.41) is 22.6. The summed E-state index contributed by atoms with van der Waals surface area (Å²) in [6.45, 7) is 4.61. The molecule has 0 unspecified atom stereocenters. The number of anilines is 1. The number of amides is 1. The second-order valence-corrected chi connectivity index (χ2v) is 5.29. The van der Waals surface area contributed by atoms with E-state index in [1.165, 1.54) is 23.1 Å². The maximum Gasteiger partial charge on any atom is 0.230 e. The van der Waals surface area contributed by atoms with Crippen molar-refractivity contribution in [1.29, 1.82) is 5.26 Å². The van der Waals surface area contributed by atoms with Gasteiger partial charge in [-0.3, -0.25) is 4.79 Å². The van der Waals surface area contributed by atoms with E-state index in [1.54, 1.807) is 6.08 Å². The first-order valence-corrected chi connectivity index (χ1v) is 7.01. The lowest BCUT2D eigenvalue weighted by molar-refractivity contribution is -0.118. The minimum Gasteiger partial charge on any atom is -0.357 e. The van der Waals surface area contributed by atoms with Gasteiger partial charge in [0.05, 0.1) is 18.2 Å². The fourth-order valence-corrected chi connectivity index (χ4v) is 2.52. The minimum atomic E-state index is -0.106. The van der Waals surface area contributed by atoms with Crippen molar-refractivity contribution in [1.82, 2.24) is 15.5 Å². The van der Waals surface area contributed by atoms with Crippen LogP contribution in [0, 0.1) is 11.3 Å². The lowest BCUT2D eigenvalue weighted by Gasteiger charge is -1.99. The molecule has 6 nitrogen and oxygen atoms in total. The van der Waals surface area contributed by atoms with E-state index in [2.05, 4.69) is 27.4 Å². The number of rotatable bonds is 8. The van der Waals surface area contributed by atoms with Gasteiger partial charge in [0.25, 0.3) is 0 Å². The molecular formula is C10H13N5OS2. The molecule has 0 aliphatic heterocycles. The molecule has 0 radical (unpaired) electrons. The monoisotopic (exact) mass is 283 g/mol. The second kappa shape index (κ2) is 8.49. The van der Waals surface area contributed by atoms with Crippen LogP contribution >= 0.6 is 23.1 Å². The fraction of sp³-hybridized carbons (Fsp3) is 0.400. The number of nitriles is 1. The number of carbonyl (C=O) groups is 1. The zero-order valence-electron chi connectivity index (χ0n) is 9.68. The molecule has 0 fully saturated rings. The van der Waals surface area contributed by atoms with E-state index in [-0.39, 0.29) is 11.7 Å². The molecule has 0 aliphatic rings. The maximum atomic E-state index is 11.4. The quantitative estimate of drug-likeness (QED) is 0.424. The third-order valence-corrected chi connectivity index (χ3v) is 3.70. The average Bonchev–Trinajstić information content (AvgIpc) is 2.82. The van der Waals surface area contributed by atoms with Gasteiger partial charge in [-0.05, 0) is 0 Å². The summed E-state index contributed by atoms with van der Waals surface area (Å²) in [5.74, 6) is 0.174. The zero-order chi connectivity index (χ0) is 13.2. The van der Waals surface area contributed by atoms with Gasteiger partial charge in [-0.15, -0.1) is 16.8 Å². The highest BCUT2D eigenvalue weighted by Gasteiger charge is 2.07. The summed E-state index contributed by atoms with van der Waals surface area (Å²) in [7, 11) is 0. The summed E-state index contributed by atoms with van der Waals surface area (Å²) in [6, 6.07) is 1.96. The summed E-state index contributed by atoms with van der Waals surface area (Å²) >= 11 is 2.72. The standard InChI is InChI=1S/C10H13N5OS2/c1-2-5-13-9-14-15-10(18-9)17-7-8(16)12-6-3-4-11/h2H,1,3,5-7H2,(H,12,16)(H,13,14). The van der Waals surface area contributed by atoms with Crippen molar-refractivity contribution >= 4 is 34.1 Å². The van der Waals surface area contributed by atoms with Crippen LogP contribution in [-0.2, 0) is 4.79 Å². The van der Waals surface area contributed by atoms with Crippen molar-refractivity contribution in [3.63, 3.8) is 0 Å². The van der Waals surface area contributed by atoms with Crippen molar-refractivity contribution in [3.8, 4) is 6.07 Å². The van der Waals surface area contributed by atoms with Gasteiger partial charge in [-0.25, -0.2) is 0 Å². The van der Waals surface area contributed by atoms with Gasteiger partial charge in [0, 0.05) is 13.1 Å². The number of hydrogen-bond donors (Lipinski definition) is 2. The number of thioether (sulfide) groups is 1. The second-order valence-electron chi connectivity index (χ2n) is 3.09. The zero-order valence-corrected chi connectivity index (χ0v) is 11.3. The van der Waals surface area contributed by atoms with Crippen LogP contribution in [0.2, 0.25) is 0 Å². The molecule has 96 valence electrons. The predicted molar refractivity (Wildman–Crippen MR) is 72.6 cm³/mol. The molecule has 1 amide bonds. The first-order chi connectivity index (χ1) is 8.76. The summed E-state index contributed by atoms with van der Waals surface area (Å²) in [5.41, 5.74) is 0. The highest BCUT2D eigenvalue weighted by molar-refractivity contribution is 8.01. The smallest absolute Gasteiger partial charge is 0.230 e. The maximum absolute atomic E-state index is 11.4. The van der Waals surface area contributed by atoms with Crippen molar-refractivity contribution in [2.45, 2.75) is 10.8 Å². The van der Waals surface area contributed by atoms with Crippen LogP contribution in [0.4, 0.5) is 5.13 Å². The molecule has 18 heavy (non-hydrogen) atoms. The molecule has 0 saturated carbocycles. The van der Waals surface area contributed by atoms with Crippen LogP contribution in [0.15, 0.2) is 17.0 Å². The predicted octanol–water partition coefficient (Wildman–Crippen LogP) is 1.26. The Hall–Kier alpha value is -1.59. The van der Waals surface area contributed by atoms with Crippen molar-refractivity contribution < 1.29 is 4.79 Å². The van der Waals surface area contributed by atoms with E-state index in [9.17, 15) is 4.79 Å². The van der Waals surface area contributed by atoms with Crippen molar-refractivity contribution in [2.24, 2.45) is 0 Å². The molecule has 8 heteroatoms. The van der Waals surface area contributed by atoms with E-state index in [4.69, 9.17) is 5.26 Å². The number of hydrogen-bond acceptors (Lipinski definition) is 7. The SMILES string of the molecule is C=CCNc1nnc(SCC(=O)NCCC#N)s1. The Morgan fingerprint density at radius 2 is 2.44 bits per heavy atom. The molecule has 0 aliphatic carbocycles. The van der Waals surface area contributed by atoms with Gasteiger partial charge >= 0.3 is 0 Å². The lowest BCUT2D eigenvalue weighted by Crippen LogP contribution is -2.25. The number of nitrogens with zero attached hydrogens (tertiary/aromatic N) is 3. The summed E-state index contributed by atoms with van der Waals surface area (Å²) in [4.78, 5) is 11.4. The van der Waals surface area contributed by atoms with E-state index in [0.717, 1.165) is 4.34 Å². The number of carbonyl (C=O) groups excluding carboxylic acids is 1. The van der Waals surface area contributed by atoms with Crippen molar-refractivity contribution in [3.05, 3.63) is 12.7 Å². The highest BCUT2D eigenvalue weighted by Crippen LogP contribution is 2.24. The normalized spacial score (nSPS) is 9.50. The summed E-state index contributed by atoms with van der Waals surface area (Å²) in [6.07, 6.45) is 2.06. The van der Waals surface area contributed by atoms with E-state index < -0.39 is 0 Å². The molecule has 1 aromatic rings. The topological polar surface area (TPSA) is 90.7 Å². The molecule has 0 bridgehead atoms. The Balaban J connectivity index is 2.26. The van der Waals surface area contributed by atoms with E-state index >= 15 is 0 Å². The Kier molecular flexibility index (Phi) is 6.83. The van der Waals surface area contributed by atoms with Gasteiger partial charge in [0.15, 0.2) is 4.34 Å². The highest BCUT2D eigenvalue weighted by atomic mass is 32.2. The van der Waals surface area contributed by atoms with Gasteiger partial charge in [0.2, 0.25) is 11.0 Å². The third kappa shape index (κ3) is 5.65. The van der Waals surface area contributed by atoms with Crippen LogP contribution in [0.25, 0.3) is 0 Å². The van der Waals surface area contributed by atoms with Gasteiger partial charge in [-0.2, -0.15) is 5.26 Å². The third-order valence-electron chi connectivity index (χ3n) is 1.69. The van der Waals surface area contributed by atoms with Crippen LogP contribution in [0.5, 0.6) is 0 Å². The molecular weight excluding hydrogens is 270 g/mol. The van der Waals surface area contributed by atoms with Crippen LogP contribution in [0.1, 0.15) is 6.42 Å². The molecule has 0 aromatic carbocycles. The van der Waals surface area contributed by atoms with Crippen molar-refractivity contribution in [2.75, 3.05) is 24.2 Å². The Morgan fingerprint density at radius 1 is 1.61 bits per heavy atom. The van der Waals surface area contributed by atoms with Crippen LogP contribution in [-0.4, -0.2) is 34.9 Å². The number of aromatic nitrogens is 2. The average molecular weight is 283 g/mol. The Labute approximate surface area is 113 Å². The first kappa shape index (κ1) is 14.5. The largest absolute Gasteiger partial charge is 0.357 e. The molecule has 1 heterocycles.